The number of methoxy groups -OCH3 is 1. The second-order valence-corrected chi connectivity index (χ2v) is 7.59. The van der Waals surface area contributed by atoms with E-state index in [-0.39, 0.29) is 18.2 Å². The molecule has 1 heterocycles. The Morgan fingerprint density at radius 1 is 1.29 bits per heavy atom. The molecule has 0 bridgehead atoms. The van der Waals surface area contributed by atoms with Crippen LogP contribution in [0.5, 0.6) is 0 Å². The van der Waals surface area contributed by atoms with Gasteiger partial charge in [-0.15, -0.1) is 0 Å². The lowest BCUT2D eigenvalue weighted by Gasteiger charge is -2.17. The van der Waals surface area contributed by atoms with Crippen molar-refractivity contribution < 1.29 is 22.7 Å². The molecule has 1 aliphatic heterocycles. The molecule has 0 radical (unpaired) electrons. The van der Waals surface area contributed by atoms with E-state index in [4.69, 9.17) is 0 Å². The van der Waals surface area contributed by atoms with E-state index in [9.17, 15) is 18.0 Å². The Hall–Kier alpha value is -2.35. The van der Waals surface area contributed by atoms with E-state index in [0.29, 0.717) is 12.2 Å². The number of sulfonamides is 1. The number of esters is 1. The van der Waals surface area contributed by atoms with Crippen molar-refractivity contribution in [3.05, 3.63) is 42.0 Å². The monoisotopic (exact) mass is 352 g/mol. The van der Waals surface area contributed by atoms with Gasteiger partial charge in [-0.3, -0.25) is 9.10 Å². The first-order chi connectivity index (χ1) is 11.3. The zero-order valence-corrected chi connectivity index (χ0v) is 14.4. The highest BCUT2D eigenvalue weighted by Crippen LogP contribution is 2.26. The van der Waals surface area contributed by atoms with E-state index in [2.05, 4.69) is 10.1 Å². The number of benzene rings is 1. The molecule has 1 fully saturated rings. The van der Waals surface area contributed by atoms with Crippen LogP contribution < -0.4 is 9.62 Å². The Morgan fingerprint density at radius 3 is 2.50 bits per heavy atom. The molecule has 0 aromatic heterocycles. The Kier molecular flexibility index (Phi) is 5.61. The van der Waals surface area contributed by atoms with Gasteiger partial charge in [0.1, 0.15) is 0 Å². The molecule has 1 amide bonds. The predicted molar refractivity (Wildman–Crippen MR) is 89.7 cm³/mol. The number of hydrogen-bond donors (Lipinski definition) is 1. The van der Waals surface area contributed by atoms with Gasteiger partial charge in [-0.05, 0) is 23.6 Å². The van der Waals surface area contributed by atoms with Crippen LogP contribution in [0.1, 0.15) is 12.5 Å². The van der Waals surface area contributed by atoms with E-state index >= 15 is 0 Å². The second-order valence-electron chi connectivity index (χ2n) is 5.66. The molecule has 1 saturated heterocycles. The molecule has 1 atom stereocenters. The number of carbonyl (C=O) groups excluding carboxylic acids is 2. The number of ether oxygens (including phenoxy) is 1. The van der Waals surface area contributed by atoms with Gasteiger partial charge in [0.05, 0.1) is 18.6 Å². The molecule has 0 aliphatic carbocycles. The van der Waals surface area contributed by atoms with Crippen molar-refractivity contribution in [2.45, 2.75) is 13.5 Å². The summed E-state index contributed by atoms with van der Waals surface area (Å²) in [5.41, 5.74) is 1.45. The number of carbonyl (C=O) groups is 2. The first-order valence-electron chi connectivity index (χ1n) is 7.45. The van der Waals surface area contributed by atoms with Crippen LogP contribution in [0.25, 0.3) is 0 Å². The summed E-state index contributed by atoms with van der Waals surface area (Å²) in [6, 6.07) is 6.97. The van der Waals surface area contributed by atoms with E-state index in [1.807, 2.05) is 6.92 Å². The SMILES string of the molecule is COC(=O)/C=C/C(=O)NCc1ccc(N2CC(C)CS2(=O)=O)cc1. The van der Waals surface area contributed by atoms with Crippen molar-refractivity contribution in [1.29, 1.82) is 0 Å². The lowest BCUT2D eigenvalue weighted by atomic mass is 10.2. The Labute approximate surface area is 141 Å². The molecule has 1 N–H and O–H groups in total. The molecule has 130 valence electrons. The number of hydrogen-bond acceptors (Lipinski definition) is 5. The van der Waals surface area contributed by atoms with Crippen LogP contribution in [0.4, 0.5) is 5.69 Å². The fourth-order valence-electron chi connectivity index (χ4n) is 2.40. The minimum atomic E-state index is -3.24. The Balaban J connectivity index is 1.94. The number of rotatable bonds is 5. The maximum absolute atomic E-state index is 12.0. The molecule has 24 heavy (non-hydrogen) atoms. The molecule has 7 nitrogen and oxygen atoms in total. The third-order valence-corrected chi connectivity index (χ3v) is 5.59. The number of nitrogens with zero attached hydrogens (tertiary/aromatic N) is 1. The first-order valence-corrected chi connectivity index (χ1v) is 9.06. The number of anilines is 1. The van der Waals surface area contributed by atoms with Crippen molar-refractivity contribution >= 4 is 27.6 Å². The van der Waals surface area contributed by atoms with Crippen molar-refractivity contribution in [2.75, 3.05) is 23.7 Å². The lowest BCUT2D eigenvalue weighted by Crippen LogP contribution is -2.25. The van der Waals surface area contributed by atoms with Crippen molar-refractivity contribution in [1.82, 2.24) is 5.32 Å². The van der Waals surface area contributed by atoms with Crippen molar-refractivity contribution in [2.24, 2.45) is 5.92 Å². The maximum Gasteiger partial charge on any atom is 0.330 e. The first kappa shape index (κ1) is 18.0. The quantitative estimate of drug-likeness (QED) is 0.625. The van der Waals surface area contributed by atoms with E-state index in [1.165, 1.54) is 11.4 Å². The van der Waals surface area contributed by atoms with Gasteiger partial charge < -0.3 is 10.1 Å². The van der Waals surface area contributed by atoms with E-state index < -0.39 is 21.9 Å². The standard InChI is InChI=1S/C16H20N2O5S/c1-12-10-18(24(21,22)11-12)14-5-3-13(4-6-14)9-17-15(19)7-8-16(20)23-2/h3-8,12H,9-11H2,1-2H3,(H,17,19)/b8-7+. The summed E-state index contributed by atoms with van der Waals surface area (Å²) in [5, 5.41) is 2.63. The molecule has 1 aliphatic rings. The average molecular weight is 352 g/mol. The van der Waals surface area contributed by atoms with Gasteiger partial charge in [0.15, 0.2) is 0 Å². The highest BCUT2D eigenvalue weighted by Gasteiger charge is 2.33. The third kappa shape index (κ3) is 4.58. The van der Waals surface area contributed by atoms with Gasteiger partial charge in [-0.2, -0.15) is 0 Å². The zero-order valence-electron chi connectivity index (χ0n) is 13.6. The number of nitrogens with one attached hydrogen (secondary N) is 1. The minimum absolute atomic E-state index is 0.107. The van der Waals surface area contributed by atoms with Crippen LogP contribution in [0.15, 0.2) is 36.4 Å². The average Bonchev–Trinajstić information content (AvgIpc) is 2.83. The maximum atomic E-state index is 12.0. The fraction of sp³-hybridized carbons (Fsp3) is 0.375. The van der Waals surface area contributed by atoms with Gasteiger partial charge in [-0.1, -0.05) is 19.1 Å². The van der Waals surface area contributed by atoms with Crippen molar-refractivity contribution in [3.8, 4) is 0 Å². The number of amides is 1. The molecule has 0 saturated carbocycles. The van der Waals surface area contributed by atoms with Gasteiger partial charge in [0.25, 0.3) is 0 Å². The molecule has 8 heteroatoms. The van der Waals surface area contributed by atoms with Gasteiger partial charge in [0, 0.05) is 25.2 Å². The molecule has 1 aromatic rings. The predicted octanol–water partition coefficient (Wildman–Crippen LogP) is 0.818. The smallest absolute Gasteiger partial charge is 0.330 e. The lowest BCUT2D eigenvalue weighted by molar-refractivity contribution is -0.135. The van der Waals surface area contributed by atoms with Crippen LogP contribution in [0, 0.1) is 5.92 Å². The molecule has 1 unspecified atom stereocenters. The van der Waals surface area contributed by atoms with Crippen molar-refractivity contribution in [3.63, 3.8) is 0 Å². The van der Waals surface area contributed by atoms with Crippen LogP contribution in [-0.2, 0) is 30.9 Å². The van der Waals surface area contributed by atoms with Crippen LogP contribution in [0.3, 0.4) is 0 Å². The summed E-state index contributed by atoms with van der Waals surface area (Å²) in [6.45, 7) is 2.66. The molecule has 2 rings (SSSR count). The summed E-state index contributed by atoms with van der Waals surface area (Å²) < 4.78 is 29.9. The van der Waals surface area contributed by atoms with E-state index in [1.54, 1.807) is 24.3 Å². The van der Waals surface area contributed by atoms with Gasteiger partial charge >= 0.3 is 5.97 Å². The Bertz CT molecular complexity index is 740. The van der Waals surface area contributed by atoms with E-state index in [0.717, 1.165) is 17.7 Å². The Morgan fingerprint density at radius 2 is 1.96 bits per heavy atom. The summed E-state index contributed by atoms with van der Waals surface area (Å²) in [6.07, 6.45) is 2.14. The van der Waals surface area contributed by atoms with Gasteiger partial charge in [-0.25, -0.2) is 13.2 Å². The van der Waals surface area contributed by atoms with Crippen LogP contribution in [-0.4, -0.2) is 39.7 Å². The summed E-state index contributed by atoms with van der Waals surface area (Å²) in [7, 11) is -2.01. The normalized spacial score (nSPS) is 19.4. The molecule has 0 spiro atoms. The van der Waals surface area contributed by atoms with Gasteiger partial charge in [0.2, 0.25) is 15.9 Å². The third-order valence-electron chi connectivity index (χ3n) is 3.57. The summed E-state index contributed by atoms with van der Waals surface area (Å²) in [4.78, 5) is 22.4. The summed E-state index contributed by atoms with van der Waals surface area (Å²) >= 11 is 0. The highest BCUT2D eigenvalue weighted by atomic mass is 32.2. The van der Waals surface area contributed by atoms with Crippen LogP contribution in [0.2, 0.25) is 0 Å². The summed E-state index contributed by atoms with van der Waals surface area (Å²) in [5.74, 6) is -0.747. The van der Waals surface area contributed by atoms with Crippen LogP contribution >= 0.6 is 0 Å². The fourth-order valence-corrected chi connectivity index (χ4v) is 4.33. The molecular weight excluding hydrogens is 332 g/mol. The second kappa shape index (κ2) is 7.48. The minimum Gasteiger partial charge on any atom is -0.466 e. The largest absolute Gasteiger partial charge is 0.466 e. The highest BCUT2D eigenvalue weighted by molar-refractivity contribution is 7.93. The zero-order chi connectivity index (χ0) is 17.7. The topological polar surface area (TPSA) is 92.8 Å². The molecule has 1 aromatic carbocycles. The molecular formula is C16H20N2O5S.